The van der Waals surface area contributed by atoms with Crippen molar-refractivity contribution in [3.63, 3.8) is 0 Å². The molecule has 16 heavy (non-hydrogen) atoms. The van der Waals surface area contributed by atoms with E-state index in [0.717, 1.165) is 5.01 Å². The minimum absolute atomic E-state index is 0.224. The molecular formula is C9H14N4O2S. The zero-order chi connectivity index (χ0) is 11.9. The lowest BCUT2D eigenvalue weighted by Crippen LogP contribution is -2.46. The molecule has 1 aromatic rings. The fraction of sp³-hybridized carbons (Fsp3) is 0.667. The number of hydrogen-bond acceptors (Lipinski definition) is 5. The number of carbonyl (C=O) groups excluding carboxylic acids is 1. The molecule has 6 nitrogen and oxygen atoms in total. The first-order valence-corrected chi connectivity index (χ1v) is 5.95. The highest BCUT2D eigenvalue weighted by Gasteiger charge is 2.42. The predicted molar refractivity (Wildman–Crippen MR) is 62.1 cm³/mol. The first-order chi connectivity index (χ1) is 7.45. The van der Waals surface area contributed by atoms with Crippen LogP contribution in [0.5, 0.6) is 0 Å². The van der Waals surface area contributed by atoms with E-state index in [1.54, 1.807) is 7.05 Å². The third-order valence-electron chi connectivity index (χ3n) is 2.62. The maximum Gasteiger partial charge on any atom is 0.426 e. The number of aromatic nitrogens is 2. The van der Waals surface area contributed by atoms with Gasteiger partial charge in [-0.2, -0.15) is 0 Å². The van der Waals surface area contributed by atoms with E-state index < -0.39 is 10.7 Å². The topological polar surface area (TPSA) is 69.2 Å². The summed E-state index contributed by atoms with van der Waals surface area (Å²) in [6.07, 6.45) is 0. The van der Waals surface area contributed by atoms with Gasteiger partial charge in [-0.3, -0.25) is 4.90 Å². The molecule has 1 unspecified atom stereocenters. The van der Waals surface area contributed by atoms with Gasteiger partial charge in [-0.1, -0.05) is 18.9 Å². The van der Waals surface area contributed by atoms with Crippen LogP contribution in [0.3, 0.4) is 0 Å². The molecule has 0 N–H and O–H groups in total. The molecule has 7 heteroatoms. The number of quaternary nitrogens is 1. The minimum atomic E-state index is -0.985. The van der Waals surface area contributed by atoms with Crippen LogP contribution in [0, 0.1) is 5.21 Å². The van der Waals surface area contributed by atoms with E-state index in [-0.39, 0.29) is 17.6 Å². The SMILES string of the molecule is CC(C)c1nnc([N+]2([O-])CCN(C)C2=O)s1. The van der Waals surface area contributed by atoms with E-state index in [1.165, 1.54) is 16.2 Å². The highest BCUT2D eigenvalue weighted by Crippen LogP contribution is 2.32. The summed E-state index contributed by atoms with van der Waals surface area (Å²) in [5.41, 5.74) is 0. The summed E-state index contributed by atoms with van der Waals surface area (Å²) in [6.45, 7) is 4.66. The van der Waals surface area contributed by atoms with Crippen molar-refractivity contribution in [3.8, 4) is 0 Å². The molecule has 1 aliphatic heterocycles. The van der Waals surface area contributed by atoms with Gasteiger partial charge in [-0.15, -0.1) is 5.10 Å². The first-order valence-electron chi connectivity index (χ1n) is 5.14. The Morgan fingerprint density at radius 3 is 2.62 bits per heavy atom. The number of hydrogen-bond donors (Lipinski definition) is 0. The Balaban J connectivity index is 2.33. The van der Waals surface area contributed by atoms with Crippen molar-refractivity contribution in [1.29, 1.82) is 0 Å². The summed E-state index contributed by atoms with van der Waals surface area (Å²) in [4.78, 5) is 13.2. The molecule has 1 atom stereocenters. The third kappa shape index (κ3) is 1.60. The van der Waals surface area contributed by atoms with Gasteiger partial charge in [0.25, 0.3) is 0 Å². The van der Waals surface area contributed by atoms with Crippen molar-refractivity contribution >= 4 is 22.5 Å². The highest BCUT2D eigenvalue weighted by molar-refractivity contribution is 7.15. The Kier molecular flexibility index (Phi) is 2.69. The van der Waals surface area contributed by atoms with Gasteiger partial charge < -0.3 is 5.21 Å². The molecule has 0 saturated carbocycles. The van der Waals surface area contributed by atoms with E-state index in [2.05, 4.69) is 10.2 Å². The molecule has 0 spiro atoms. The van der Waals surface area contributed by atoms with Crippen molar-refractivity contribution in [1.82, 2.24) is 19.7 Å². The fourth-order valence-corrected chi connectivity index (χ4v) is 2.44. The summed E-state index contributed by atoms with van der Waals surface area (Å²) >= 11 is 1.23. The van der Waals surface area contributed by atoms with Gasteiger partial charge in [0.2, 0.25) is 0 Å². The van der Waals surface area contributed by atoms with Gasteiger partial charge in [-0.25, -0.2) is 9.44 Å². The van der Waals surface area contributed by atoms with Crippen LogP contribution in [0.15, 0.2) is 0 Å². The van der Waals surface area contributed by atoms with Crippen molar-refractivity contribution in [3.05, 3.63) is 10.2 Å². The average Bonchev–Trinajstić information content (AvgIpc) is 2.81. The fourth-order valence-electron chi connectivity index (χ4n) is 1.54. The molecular weight excluding hydrogens is 228 g/mol. The Labute approximate surface area is 97.7 Å². The number of hydroxylamine groups is 2. The molecule has 2 amide bonds. The van der Waals surface area contributed by atoms with Gasteiger partial charge >= 0.3 is 11.2 Å². The molecule has 0 aromatic carbocycles. The standard InChI is InChI=1S/C9H14N4O2S/c1-6(2)7-10-11-8(16-7)13(15)5-4-12(3)9(13)14/h6H,4-5H2,1-3H3. The van der Waals surface area contributed by atoms with E-state index in [4.69, 9.17) is 0 Å². The predicted octanol–water partition coefficient (Wildman–Crippen LogP) is 1.53. The lowest BCUT2D eigenvalue weighted by molar-refractivity contribution is 0.209. The Morgan fingerprint density at radius 1 is 1.50 bits per heavy atom. The summed E-state index contributed by atoms with van der Waals surface area (Å²) in [6, 6.07) is -0.452. The van der Waals surface area contributed by atoms with Crippen LogP contribution >= 0.6 is 11.3 Å². The number of urea groups is 1. The Morgan fingerprint density at radius 2 is 2.19 bits per heavy atom. The maximum absolute atomic E-state index is 12.3. The van der Waals surface area contributed by atoms with Crippen molar-refractivity contribution in [2.75, 3.05) is 20.1 Å². The maximum atomic E-state index is 12.3. The second-order valence-electron chi connectivity index (χ2n) is 4.25. The monoisotopic (exact) mass is 242 g/mol. The zero-order valence-corrected chi connectivity index (χ0v) is 10.3. The summed E-state index contributed by atoms with van der Waals surface area (Å²) in [5.74, 6) is 0.230. The van der Waals surface area contributed by atoms with Crippen LogP contribution in [0.1, 0.15) is 24.8 Å². The number of rotatable bonds is 2. The van der Waals surface area contributed by atoms with Crippen LogP contribution < -0.4 is 4.65 Å². The van der Waals surface area contributed by atoms with Crippen molar-refractivity contribution in [2.24, 2.45) is 0 Å². The molecule has 1 aliphatic rings. The molecule has 1 aromatic heterocycles. The first kappa shape index (κ1) is 11.4. The van der Waals surface area contributed by atoms with Crippen LogP contribution in [0.25, 0.3) is 0 Å². The van der Waals surface area contributed by atoms with Crippen molar-refractivity contribution in [2.45, 2.75) is 19.8 Å². The number of likely N-dealkylation sites (N-methyl/N-ethyl adjacent to an activating group) is 1. The summed E-state index contributed by atoms with van der Waals surface area (Å²) < 4.78 is -0.985. The molecule has 0 aliphatic carbocycles. The Bertz CT molecular complexity index is 419. The lowest BCUT2D eigenvalue weighted by atomic mass is 10.2. The number of amides is 2. The van der Waals surface area contributed by atoms with E-state index in [1.807, 2.05) is 13.8 Å². The lowest BCUT2D eigenvalue weighted by Gasteiger charge is -2.29. The molecule has 1 fully saturated rings. The van der Waals surface area contributed by atoms with Crippen LogP contribution in [-0.2, 0) is 0 Å². The second-order valence-corrected chi connectivity index (χ2v) is 5.23. The van der Waals surface area contributed by atoms with E-state index in [9.17, 15) is 10.0 Å². The Hall–Kier alpha value is -1.05. The third-order valence-corrected chi connectivity index (χ3v) is 3.94. The van der Waals surface area contributed by atoms with E-state index >= 15 is 0 Å². The van der Waals surface area contributed by atoms with Gasteiger partial charge in [0.1, 0.15) is 11.6 Å². The van der Waals surface area contributed by atoms with Crippen LogP contribution in [-0.4, -0.2) is 41.3 Å². The quantitative estimate of drug-likeness (QED) is 0.582. The average molecular weight is 242 g/mol. The normalized spacial score (nSPS) is 25.8. The van der Waals surface area contributed by atoms with Gasteiger partial charge in [0, 0.05) is 13.0 Å². The van der Waals surface area contributed by atoms with Gasteiger partial charge in [0.05, 0.1) is 6.54 Å². The second kappa shape index (κ2) is 3.76. The van der Waals surface area contributed by atoms with Gasteiger partial charge in [0.15, 0.2) is 0 Å². The van der Waals surface area contributed by atoms with Crippen LogP contribution in [0.2, 0.25) is 0 Å². The number of carbonyl (C=O) groups is 1. The molecule has 1 saturated heterocycles. The number of nitrogens with zero attached hydrogens (tertiary/aromatic N) is 4. The minimum Gasteiger partial charge on any atom is -0.616 e. The zero-order valence-electron chi connectivity index (χ0n) is 9.51. The smallest absolute Gasteiger partial charge is 0.426 e. The molecule has 0 radical (unpaired) electrons. The van der Waals surface area contributed by atoms with Gasteiger partial charge in [-0.05, 0) is 11.3 Å². The molecule has 2 heterocycles. The van der Waals surface area contributed by atoms with E-state index in [0.29, 0.717) is 6.54 Å². The largest absolute Gasteiger partial charge is 0.616 e. The van der Waals surface area contributed by atoms with Crippen molar-refractivity contribution < 1.29 is 4.79 Å². The van der Waals surface area contributed by atoms with Crippen LogP contribution in [0.4, 0.5) is 9.93 Å². The summed E-state index contributed by atoms with van der Waals surface area (Å²) in [5, 5.41) is 21.2. The highest BCUT2D eigenvalue weighted by atomic mass is 32.1. The molecule has 88 valence electrons. The molecule has 2 rings (SSSR count). The molecule has 0 bridgehead atoms. The summed E-state index contributed by atoms with van der Waals surface area (Å²) in [7, 11) is 1.63.